The summed E-state index contributed by atoms with van der Waals surface area (Å²) in [6.07, 6.45) is 3.07. The summed E-state index contributed by atoms with van der Waals surface area (Å²) in [5.74, 6) is 0.863. The van der Waals surface area contributed by atoms with Crippen molar-refractivity contribution in [2.45, 2.75) is 50.9 Å². The Bertz CT molecular complexity index is 1090. The third-order valence-corrected chi connectivity index (χ3v) is 6.57. The van der Waals surface area contributed by atoms with Gasteiger partial charge in [-0.3, -0.25) is 4.79 Å². The summed E-state index contributed by atoms with van der Waals surface area (Å²) >= 11 is 0. The van der Waals surface area contributed by atoms with Crippen LogP contribution in [0.1, 0.15) is 54.9 Å². The Morgan fingerprint density at radius 1 is 1.06 bits per heavy atom. The minimum absolute atomic E-state index is 0.0340. The van der Waals surface area contributed by atoms with Crippen molar-refractivity contribution in [3.8, 4) is 5.75 Å². The number of benzene rings is 3. The van der Waals surface area contributed by atoms with E-state index in [1.807, 2.05) is 24.3 Å². The fourth-order valence-corrected chi connectivity index (χ4v) is 4.71. The van der Waals surface area contributed by atoms with E-state index in [4.69, 9.17) is 4.74 Å². The van der Waals surface area contributed by atoms with Gasteiger partial charge in [0.2, 0.25) is 5.91 Å². The summed E-state index contributed by atoms with van der Waals surface area (Å²) in [4.78, 5) is 13.9. The summed E-state index contributed by atoms with van der Waals surface area (Å²) in [6, 6.07) is 20.5. The zero-order valence-corrected chi connectivity index (χ0v) is 19.0. The largest absolute Gasteiger partial charge is 0.497 e. The number of methoxy groups -OCH3 is 1. The van der Waals surface area contributed by atoms with E-state index in [2.05, 4.69) is 37.4 Å². The molecular weight excluding hydrogens is 401 g/mol. The van der Waals surface area contributed by atoms with Crippen molar-refractivity contribution in [1.82, 2.24) is 0 Å². The van der Waals surface area contributed by atoms with Gasteiger partial charge in [0.05, 0.1) is 12.5 Å². The van der Waals surface area contributed by atoms with Crippen molar-refractivity contribution in [2.75, 3.05) is 12.4 Å². The Morgan fingerprint density at radius 3 is 2.44 bits per heavy atom. The Balaban J connectivity index is 1.74. The molecule has 4 heteroatoms. The maximum absolute atomic E-state index is 13.9. The van der Waals surface area contributed by atoms with Crippen molar-refractivity contribution in [3.63, 3.8) is 0 Å². The molecule has 3 aromatic rings. The van der Waals surface area contributed by atoms with Crippen molar-refractivity contribution >= 4 is 11.6 Å². The number of nitrogens with one attached hydrogen (secondary N) is 1. The van der Waals surface area contributed by atoms with Gasteiger partial charge in [-0.05, 0) is 90.3 Å². The smallest absolute Gasteiger partial charge is 0.235 e. The van der Waals surface area contributed by atoms with E-state index >= 15 is 0 Å². The molecule has 1 unspecified atom stereocenters. The van der Waals surface area contributed by atoms with E-state index in [0.717, 1.165) is 41.8 Å². The number of halogens is 1. The molecule has 0 heterocycles. The topological polar surface area (TPSA) is 38.3 Å². The molecule has 0 saturated carbocycles. The molecule has 32 heavy (non-hydrogen) atoms. The van der Waals surface area contributed by atoms with Gasteiger partial charge in [0, 0.05) is 5.69 Å². The second kappa shape index (κ2) is 9.15. The Morgan fingerprint density at radius 2 is 1.78 bits per heavy atom. The Kier molecular flexibility index (Phi) is 6.31. The van der Waals surface area contributed by atoms with Gasteiger partial charge in [-0.1, -0.05) is 44.2 Å². The fraction of sp³-hybridized carbons (Fsp3) is 0.321. The van der Waals surface area contributed by atoms with Gasteiger partial charge in [-0.2, -0.15) is 0 Å². The van der Waals surface area contributed by atoms with Crippen LogP contribution in [0.25, 0.3) is 0 Å². The van der Waals surface area contributed by atoms with Crippen LogP contribution in [0.4, 0.5) is 10.1 Å². The lowest BCUT2D eigenvalue weighted by atomic mass is 9.66. The normalized spacial score (nSPS) is 17.7. The quantitative estimate of drug-likeness (QED) is 0.489. The van der Waals surface area contributed by atoms with Crippen molar-refractivity contribution in [3.05, 3.63) is 94.8 Å². The molecule has 4 rings (SSSR count). The molecule has 1 atom stereocenters. The molecule has 3 aromatic carbocycles. The first-order valence-corrected chi connectivity index (χ1v) is 11.2. The number of amides is 1. The minimum Gasteiger partial charge on any atom is -0.497 e. The Labute approximate surface area is 189 Å². The van der Waals surface area contributed by atoms with Crippen LogP contribution in [-0.4, -0.2) is 13.0 Å². The molecule has 0 spiro atoms. The molecule has 0 aromatic heterocycles. The van der Waals surface area contributed by atoms with Crippen LogP contribution < -0.4 is 10.1 Å². The second-order valence-corrected chi connectivity index (χ2v) is 8.99. The highest BCUT2D eigenvalue weighted by Crippen LogP contribution is 2.42. The van der Waals surface area contributed by atoms with Gasteiger partial charge in [0.25, 0.3) is 0 Å². The highest BCUT2D eigenvalue weighted by molar-refractivity contribution is 6.00. The Hall–Kier alpha value is -3.14. The lowest BCUT2D eigenvalue weighted by Crippen LogP contribution is -2.45. The maximum atomic E-state index is 13.9. The number of rotatable bonds is 6. The summed E-state index contributed by atoms with van der Waals surface area (Å²) in [5, 5.41) is 3.17. The lowest BCUT2D eigenvalue weighted by molar-refractivity contribution is -0.122. The van der Waals surface area contributed by atoms with Crippen molar-refractivity contribution in [1.29, 1.82) is 0 Å². The number of hydrogen-bond donors (Lipinski definition) is 1. The number of anilines is 1. The molecule has 0 saturated heterocycles. The number of ether oxygens (including phenoxy) is 1. The average molecular weight is 432 g/mol. The fourth-order valence-electron chi connectivity index (χ4n) is 4.71. The summed E-state index contributed by atoms with van der Waals surface area (Å²) in [6.45, 7) is 4.30. The number of carbonyl (C=O) groups excluding carboxylic acids is 1. The van der Waals surface area contributed by atoms with E-state index in [9.17, 15) is 9.18 Å². The number of carbonyl (C=O) groups is 1. The van der Waals surface area contributed by atoms with Gasteiger partial charge in [0.1, 0.15) is 11.6 Å². The monoisotopic (exact) mass is 431 g/mol. The van der Waals surface area contributed by atoms with Gasteiger partial charge in [0.15, 0.2) is 0 Å². The first kappa shape index (κ1) is 22.1. The SMILES string of the molecule is COc1ccc2c(c1)C(Cc1ccc(F)cc1)(C(=O)Nc1ccc(C(C)C)cc1)CCC2. The van der Waals surface area contributed by atoms with Gasteiger partial charge < -0.3 is 10.1 Å². The molecule has 1 N–H and O–H groups in total. The van der Waals surface area contributed by atoms with Crippen LogP contribution in [-0.2, 0) is 23.1 Å². The molecule has 166 valence electrons. The summed E-state index contributed by atoms with van der Waals surface area (Å²) in [5.41, 5.74) is 4.38. The first-order valence-electron chi connectivity index (χ1n) is 11.2. The van der Waals surface area contributed by atoms with E-state index < -0.39 is 5.41 Å². The van der Waals surface area contributed by atoms with Gasteiger partial charge in [-0.25, -0.2) is 4.39 Å². The van der Waals surface area contributed by atoms with E-state index in [0.29, 0.717) is 12.3 Å². The number of hydrogen-bond acceptors (Lipinski definition) is 2. The van der Waals surface area contributed by atoms with Crippen LogP contribution in [0.2, 0.25) is 0 Å². The summed E-state index contributed by atoms with van der Waals surface area (Å²) in [7, 11) is 1.64. The van der Waals surface area contributed by atoms with Gasteiger partial charge in [-0.15, -0.1) is 0 Å². The third kappa shape index (κ3) is 4.40. The van der Waals surface area contributed by atoms with Crippen LogP contribution >= 0.6 is 0 Å². The molecule has 0 fully saturated rings. The lowest BCUT2D eigenvalue weighted by Gasteiger charge is -2.38. The van der Waals surface area contributed by atoms with E-state index in [1.165, 1.54) is 23.3 Å². The molecule has 0 bridgehead atoms. The molecule has 1 aliphatic carbocycles. The summed E-state index contributed by atoms with van der Waals surface area (Å²) < 4.78 is 19.0. The molecule has 1 amide bonds. The van der Waals surface area contributed by atoms with E-state index in [1.54, 1.807) is 19.2 Å². The predicted molar refractivity (Wildman–Crippen MR) is 127 cm³/mol. The second-order valence-electron chi connectivity index (χ2n) is 8.99. The average Bonchev–Trinajstić information content (AvgIpc) is 2.80. The van der Waals surface area contributed by atoms with E-state index in [-0.39, 0.29) is 11.7 Å². The van der Waals surface area contributed by atoms with Crippen LogP contribution in [0.15, 0.2) is 66.7 Å². The highest BCUT2D eigenvalue weighted by atomic mass is 19.1. The maximum Gasteiger partial charge on any atom is 0.235 e. The third-order valence-electron chi connectivity index (χ3n) is 6.57. The first-order chi connectivity index (χ1) is 15.4. The van der Waals surface area contributed by atoms with Gasteiger partial charge >= 0.3 is 0 Å². The standard InChI is InChI=1S/C28H30FNO2/c1-19(2)21-8-13-24(14-9-21)30-27(31)28(18-20-6-11-23(29)12-7-20)16-4-5-22-10-15-25(32-3)17-26(22)28/h6-15,17,19H,4-5,16,18H2,1-3H3,(H,30,31). The zero-order valence-electron chi connectivity index (χ0n) is 19.0. The van der Waals surface area contributed by atoms with Crippen LogP contribution in [0.3, 0.4) is 0 Å². The van der Waals surface area contributed by atoms with Crippen molar-refractivity contribution in [2.24, 2.45) is 0 Å². The predicted octanol–water partition coefficient (Wildman–Crippen LogP) is 6.41. The number of aryl methyl sites for hydroxylation is 1. The van der Waals surface area contributed by atoms with Crippen LogP contribution in [0.5, 0.6) is 5.75 Å². The molecule has 3 nitrogen and oxygen atoms in total. The minimum atomic E-state index is -0.753. The molecule has 0 aliphatic heterocycles. The van der Waals surface area contributed by atoms with Crippen LogP contribution in [0, 0.1) is 5.82 Å². The molecule has 1 aliphatic rings. The van der Waals surface area contributed by atoms with Crippen molar-refractivity contribution < 1.29 is 13.9 Å². The highest BCUT2D eigenvalue weighted by Gasteiger charge is 2.43. The molecular formula is C28H30FNO2. The molecule has 0 radical (unpaired) electrons. The zero-order chi connectivity index (χ0) is 22.7. The number of fused-ring (bicyclic) bond motifs is 1.